The van der Waals surface area contributed by atoms with Crippen molar-refractivity contribution in [1.82, 2.24) is 5.32 Å². The Balaban J connectivity index is 2.20. The van der Waals surface area contributed by atoms with E-state index in [2.05, 4.69) is 5.32 Å². The molecule has 1 aromatic rings. The molecule has 0 aliphatic carbocycles. The smallest absolute Gasteiger partial charge is 0.311 e. The number of hydrogen-bond acceptors (Lipinski definition) is 4. The number of halogens is 1. The first-order valence-corrected chi connectivity index (χ1v) is 8.30. The van der Waals surface area contributed by atoms with E-state index in [0.29, 0.717) is 10.9 Å². The van der Waals surface area contributed by atoms with Crippen LogP contribution in [-0.4, -0.2) is 19.1 Å². The second-order valence-corrected chi connectivity index (χ2v) is 7.65. The van der Waals surface area contributed by atoms with Gasteiger partial charge in [-0.3, -0.25) is 4.79 Å². The standard InChI is InChI=1S/C15H22ClNO2S/c1-15(2,3)14(18)19-12(10-4-7-17-8-5-10)13-11(16)6-9-20-13/h6,9-10,12,17H,4-5,7-8H2,1-3H3. The summed E-state index contributed by atoms with van der Waals surface area (Å²) in [5.41, 5.74) is -0.491. The fourth-order valence-corrected chi connectivity index (χ4v) is 3.60. The van der Waals surface area contributed by atoms with Gasteiger partial charge in [0.05, 0.1) is 15.3 Å². The lowest BCUT2D eigenvalue weighted by Gasteiger charge is -2.32. The lowest BCUT2D eigenvalue weighted by Crippen LogP contribution is -2.34. The minimum atomic E-state index is -0.491. The van der Waals surface area contributed by atoms with Gasteiger partial charge in [-0.15, -0.1) is 11.3 Å². The summed E-state index contributed by atoms with van der Waals surface area (Å²) in [7, 11) is 0. The maximum Gasteiger partial charge on any atom is 0.311 e. The van der Waals surface area contributed by atoms with Crippen molar-refractivity contribution in [2.24, 2.45) is 11.3 Å². The molecule has 5 heteroatoms. The summed E-state index contributed by atoms with van der Waals surface area (Å²) >= 11 is 7.83. The van der Waals surface area contributed by atoms with Crippen LogP contribution in [0.15, 0.2) is 11.4 Å². The lowest BCUT2D eigenvalue weighted by atomic mass is 9.90. The maximum atomic E-state index is 12.2. The fraction of sp³-hybridized carbons (Fsp3) is 0.667. The van der Waals surface area contributed by atoms with Crippen LogP contribution in [0.5, 0.6) is 0 Å². The third-order valence-corrected chi connectivity index (χ3v) is 4.98. The van der Waals surface area contributed by atoms with E-state index in [1.165, 1.54) is 0 Å². The Labute approximate surface area is 129 Å². The Bertz CT molecular complexity index is 461. The van der Waals surface area contributed by atoms with Gasteiger partial charge < -0.3 is 10.1 Å². The average Bonchev–Trinajstić information content (AvgIpc) is 2.81. The SMILES string of the molecule is CC(C)(C)C(=O)OC(c1sccc1Cl)C1CCNCC1. The van der Waals surface area contributed by atoms with Crippen LogP contribution >= 0.6 is 22.9 Å². The second-order valence-electron chi connectivity index (χ2n) is 6.30. The zero-order chi connectivity index (χ0) is 14.8. The topological polar surface area (TPSA) is 38.3 Å². The van der Waals surface area contributed by atoms with Crippen molar-refractivity contribution in [3.63, 3.8) is 0 Å². The Hall–Kier alpha value is -0.580. The summed E-state index contributed by atoms with van der Waals surface area (Å²) < 4.78 is 5.84. The number of carbonyl (C=O) groups excluding carboxylic acids is 1. The summed E-state index contributed by atoms with van der Waals surface area (Å²) in [6.07, 6.45) is 1.81. The van der Waals surface area contributed by atoms with Crippen molar-refractivity contribution in [3.8, 4) is 0 Å². The number of ether oxygens (including phenoxy) is 1. The highest BCUT2D eigenvalue weighted by Crippen LogP contribution is 2.40. The van der Waals surface area contributed by atoms with E-state index in [1.807, 2.05) is 32.2 Å². The summed E-state index contributed by atoms with van der Waals surface area (Å²) in [5.74, 6) is 0.184. The van der Waals surface area contributed by atoms with Crippen molar-refractivity contribution >= 4 is 28.9 Å². The van der Waals surface area contributed by atoms with Gasteiger partial charge in [0.15, 0.2) is 0 Å². The monoisotopic (exact) mass is 315 g/mol. The van der Waals surface area contributed by atoms with Crippen molar-refractivity contribution in [2.45, 2.75) is 39.7 Å². The van der Waals surface area contributed by atoms with Gasteiger partial charge in [0.2, 0.25) is 0 Å². The molecule has 1 N–H and O–H groups in total. The number of thiophene rings is 1. The third kappa shape index (κ3) is 3.74. The summed E-state index contributed by atoms with van der Waals surface area (Å²) in [6.45, 7) is 7.58. The van der Waals surface area contributed by atoms with Crippen molar-refractivity contribution < 1.29 is 9.53 Å². The Kier molecular flexibility index (Phi) is 5.10. The number of piperidine rings is 1. The zero-order valence-electron chi connectivity index (χ0n) is 12.2. The van der Waals surface area contributed by atoms with Gasteiger partial charge in [0.25, 0.3) is 0 Å². The Morgan fingerprint density at radius 3 is 2.60 bits per heavy atom. The molecule has 1 saturated heterocycles. The first-order chi connectivity index (χ1) is 9.39. The van der Waals surface area contributed by atoms with Crippen LogP contribution in [-0.2, 0) is 9.53 Å². The number of hydrogen-bond donors (Lipinski definition) is 1. The molecule has 1 atom stereocenters. The molecule has 0 amide bonds. The average molecular weight is 316 g/mol. The Morgan fingerprint density at radius 2 is 2.10 bits per heavy atom. The highest BCUT2D eigenvalue weighted by molar-refractivity contribution is 7.10. The van der Waals surface area contributed by atoms with Gasteiger partial charge in [0.1, 0.15) is 6.10 Å². The molecule has 1 aliphatic rings. The summed E-state index contributed by atoms with van der Waals surface area (Å²) in [6, 6.07) is 1.88. The Morgan fingerprint density at radius 1 is 1.45 bits per heavy atom. The van der Waals surface area contributed by atoms with E-state index in [0.717, 1.165) is 30.8 Å². The minimum Gasteiger partial charge on any atom is -0.456 e. The van der Waals surface area contributed by atoms with E-state index < -0.39 is 5.41 Å². The molecular weight excluding hydrogens is 294 g/mol. The summed E-state index contributed by atoms with van der Waals surface area (Å²) in [4.78, 5) is 13.2. The third-order valence-electron chi connectivity index (χ3n) is 3.56. The quantitative estimate of drug-likeness (QED) is 0.856. The number of rotatable bonds is 3. The molecule has 0 bridgehead atoms. The molecule has 2 rings (SSSR count). The van der Waals surface area contributed by atoms with Crippen molar-refractivity contribution in [3.05, 3.63) is 21.3 Å². The second kappa shape index (κ2) is 6.46. The number of nitrogens with one attached hydrogen (secondary N) is 1. The molecular formula is C15H22ClNO2S. The van der Waals surface area contributed by atoms with Gasteiger partial charge in [-0.25, -0.2) is 0 Å². The molecule has 1 aromatic heterocycles. The highest BCUT2D eigenvalue weighted by Gasteiger charge is 2.34. The molecule has 0 spiro atoms. The van der Waals surface area contributed by atoms with Crippen LogP contribution in [0.2, 0.25) is 5.02 Å². The molecule has 20 heavy (non-hydrogen) atoms. The van der Waals surface area contributed by atoms with Gasteiger partial charge in [-0.05, 0) is 58.1 Å². The highest BCUT2D eigenvalue weighted by atomic mass is 35.5. The number of esters is 1. The molecule has 2 heterocycles. The molecule has 0 radical (unpaired) electrons. The molecule has 112 valence electrons. The van der Waals surface area contributed by atoms with Crippen LogP contribution in [0, 0.1) is 11.3 Å². The van der Waals surface area contributed by atoms with E-state index in [9.17, 15) is 4.79 Å². The van der Waals surface area contributed by atoms with E-state index >= 15 is 0 Å². The molecule has 1 fully saturated rings. The minimum absolute atomic E-state index is 0.162. The summed E-state index contributed by atoms with van der Waals surface area (Å²) in [5, 5.41) is 6.01. The first kappa shape index (κ1) is 15.8. The molecule has 3 nitrogen and oxygen atoms in total. The molecule has 1 unspecified atom stereocenters. The van der Waals surface area contributed by atoms with Gasteiger partial charge in [-0.2, -0.15) is 0 Å². The van der Waals surface area contributed by atoms with Crippen LogP contribution in [0.1, 0.15) is 44.6 Å². The molecule has 0 aromatic carbocycles. The van der Waals surface area contributed by atoms with Gasteiger partial charge >= 0.3 is 5.97 Å². The zero-order valence-corrected chi connectivity index (χ0v) is 13.8. The van der Waals surface area contributed by atoms with Gasteiger partial charge in [-0.1, -0.05) is 11.6 Å². The fourth-order valence-electron chi connectivity index (χ4n) is 2.31. The van der Waals surface area contributed by atoms with Crippen LogP contribution in [0.25, 0.3) is 0 Å². The van der Waals surface area contributed by atoms with Crippen molar-refractivity contribution in [1.29, 1.82) is 0 Å². The van der Waals surface area contributed by atoms with Gasteiger partial charge in [0, 0.05) is 5.92 Å². The van der Waals surface area contributed by atoms with E-state index in [4.69, 9.17) is 16.3 Å². The normalized spacial score (nSPS) is 18.8. The molecule has 0 saturated carbocycles. The van der Waals surface area contributed by atoms with E-state index in [1.54, 1.807) is 11.3 Å². The largest absolute Gasteiger partial charge is 0.456 e. The predicted molar refractivity (Wildman–Crippen MR) is 83.2 cm³/mol. The predicted octanol–water partition coefficient (Wildman–Crippen LogP) is 4.03. The molecule has 1 aliphatic heterocycles. The van der Waals surface area contributed by atoms with Crippen LogP contribution in [0.3, 0.4) is 0 Å². The van der Waals surface area contributed by atoms with Crippen molar-refractivity contribution in [2.75, 3.05) is 13.1 Å². The first-order valence-electron chi connectivity index (χ1n) is 7.04. The number of carbonyl (C=O) groups is 1. The van der Waals surface area contributed by atoms with Crippen LogP contribution < -0.4 is 5.32 Å². The van der Waals surface area contributed by atoms with Crippen LogP contribution in [0.4, 0.5) is 0 Å². The lowest BCUT2D eigenvalue weighted by molar-refractivity contribution is -0.162. The maximum absolute atomic E-state index is 12.2. The van der Waals surface area contributed by atoms with E-state index in [-0.39, 0.29) is 12.1 Å².